The lowest BCUT2D eigenvalue weighted by molar-refractivity contribution is 0.932. The van der Waals surface area contributed by atoms with Gasteiger partial charge in [0.2, 0.25) is 0 Å². The van der Waals surface area contributed by atoms with Crippen LogP contribution in [-0.2, 0) is 0 Å². The molecule has 1 aromatic carbocycles. The van der Waals surface area contributed by atoms with E-state index in [2.05, 4.69) is 10.2 Å². The molecule has 1 aromatic heterocycles. The number of aromatic nitrogens is 3. The van der Waals surface area contributed by atoms with Crippen molar-refractivity contribution in [1.29, 1.82) is 0 Å². The number of nitrogens with zero attached hydrogens (tertiary/aromatic N) is 3. The average molecular weight is 174 g/mol. The Morgan fingerprint density at radius 3 is 2.38 bits per heavy atom. The van der Waals surface area contributed by atoms with Crippen molar-refractivity contribution in [3.05, 3.63) is 36.2 Å². The van der Waals surface area contributed by atoms with E-state index in [-0.39, 0.29) is 0 Å². The van der Waals surface area contributed by atoms with Gasteiger partial charge in [-0.1, -0.05) is 30.3 Å². The summed E-state index contributed by atoms with van der Waals surface area (Å²) in [6.07, 6.45) is 0. The number of aryl methyl sites for hydroxylation is 1. The number of benzene rings is 1. The highest BCUT2D eigenvalue weighted by molar-refractivity contribution is 5.54. The highest BCUT2D eigenvalue weighted by atomic mass is 15.4. The van der Waals surface area contributed by atoms with Crippen molar-refractivity contribution < 1.29 is 0 Å². The first-order chi connectivity index (χ1) is 6.29. The van der Waals surface area contributed by atoms with Crippen molar-refractivity contribution in [2.45, 2.75) is 6.92 Å². The number of nitrogen functional groups attached to an aromatic ring is 1. The lowest BCUT2D eigenvalue weighted by Crippen LogP contribution is -2.11. The number of hydrogen-bond acceptors (Lipinski definition) is 3. The number of hydrogen-bond donors (Lipinski definition) is 1. The molecule has 4 nitrogen and oxygen atoms in total. The molecule has 0 aliphatic heterocycles. The van der Waals surface area contributed by atoms with Crippen molar-refractivity contribution >= 4 is 0 Å². The maximum atomic E-state index is 5.73. The van der Waals surface area contributed by atoms with Gasteiger partial charge >= 0.3 is 0 Å². The molecule has 0 amide bonds. The van der Waals surface area contributed by atoms with Crippen molar-refractivity contribution in [2.24, 2.45) is 0 Å². The minimum atomic E-state index is 0.693. The van der Waals surface area contributed by atoms with Gasteiger partial charge in [0.25, 0.3) is 0 Å². The normalized spacial score (nSPS) is 10.2. The Labute approximate surface area is 76.0 Å². The zero-order valence-corrected chi connectivity index (χ0v) is 7.31. The highest BCUT2D eigenvalue weighted by Crippen LogP contribution is 2.14. The molecular weight excluding hydrogens is 164 g/mol. The Morgan fingerprint density at radius 2 is 1.85 bits per heavy atom. The fourth-order valence-corrected chi connectivity index (χ4v) is 1.15. The molecule has 0 radical (unpaired) electrons. The summed E-state index contributed by atoms with van der Waals surface area (Å²) in [7, 11) is 0. The van der Waals surface area contributed by atoms with Gasteiger partial charge < -0.3 is 5.84 Å². The standard InChI is InChI=1S/C9H10N4/c1-7-11-12-9(13(7)10)8-5-3-2-4-6-8/h2-6H,10H2,1H3. The Morgan fingerprint density at radius 1 is 1.15 bits per heavy atom. The highest BCUT2D eigenvalue weighted by Gasteiger charge is 2.06. The first-order valence-corrected chi connectivity index (χ1v) is 4.01. The fourth-order valence-electron chi connectivity index (χ4n) is 1.15. The topological polar surface area (TPSA) is 56.7 Å². The van der Waals surface area contributed by atoms with Crippen LogP contribution in [0.3, 0.4) is 0 Å². The average Bonchev–Trinajstić information content (AvgIpc) is 2.49. The van der Waals surface area contributed by atoms with Crippen molar-refractivity contribution in [2.75, 3.05) is 5.84 Å². The van der Waals surface area contributed by atoms with Gasteiger partial charge in [0.1, 0.15) is 5.82 Å². The van der Waals surface area contributed by atoms with Crippen LogP contribution in [0.15, 0.2) is 30.3 Å². The van der Waals surface area contributed by atoms with Crippen LogP contribution in [0.1, 0.15) is 5.82 Å². The zero-order valence-electron chi connectivity index (χ0n) is 7.31. The second kappa shape index (κ2) is 2.90. The summed E-state index contributed by atoms with van der Waals surface area (Å²) in [6, 6.07) is 9.74. The minimum Gasteiger partial charge on any atom is -0.336 e. The third-order valence-electron chi connectivity index (χ3n) is 1.90. The third-order valence-corrected chi connectivity index (χ3v) is 1.90. The first-order valence-electron chi connectivity index (χ1n) is 4.01. The molecule has 13 heavy (non-hydrogen) atoms. The number of rotatable bonds is 1. The van der Waals surface area contributed by atoms with E-state index in [9.17, 15) is 0 Å². The molecule has 0 aliphatic rings. The Kier molecular flexibility index (Phi) is 1.73. The lowest BCUT2D eigenvalue weighted by Gasteiger charge is -1.99. The van der Waals surface area contributed by atoms with E-state index in [1.807, 2.05) is 37.3 Å². The largest absolute Gasteiger partial charge is 0.336 e. The summed E-state index contributed by atoms with van der Waals surface area (Å²) in [5.74, 6) is 7.13. The second-order valence-corrected chi connectivity index (χ2v) is 2.81. The number of nitrogens with two attached hydrogens (primary N) is 1. The van der Waals surface area contributed by atoms with Gasteiger partial charge in [0.15, 0.2) is 5.82 Å². The molecular formula is C9H10N4. The lowest BCUT2D eigenvalue weighted by atomic mass is 10.2. The van der Waals surface area contributed by atoms with Gasteiger partial charge in [-0.25, -0.2) is 4.68 Å². The molecule has 4 heteroatoms. The van der Waals surface area contributed by atoms with Gasteiger partial charge in [0.05, 0.1) is 0 Å². The molecule has 0 unspecified atom stereocenters. The maximum absolute atomic E-state index is 5.73. The molecule has 0 spiro atoms. The molecule has 0 saturated carbocycles. The molecule has 0 atom stereocenters. The Hall–Kier alpha value is -1.84. The Bertz CT molecular complexity index is 405. The summed E-state index contributed by atoms with van der Waals surface area (Å²) in [5, 5.41) is 7.85. The SMILES string of the molecule is Cc1nnc(-c2ccccc2)n1N. The van der Waals surface area contributed by atoms with Crippen LogP contribution in [-0.4, -0.2) is 14.9 Å². The molecule has 0 saturated heterocycles. The van der Waals surface area contributed by atoms with Crippen LogP contribution in [0.2, 0.25) is 0 Å². The molecule has 2 rings (SSSR count). The second-order valence-electron chi connectivity index (χ2n) is 2.81. The van der Waals surface area contributed by atoms with Crippen molar-refractivity contribution in [1.82, 2.24) is 14.9 Å². The van der Waals surface area contributed by atoms with E-state index in [0.29, 0.717) is 11.6 Å². The molecule has 66 valence electrons. The predicted molar refractivity (Wildman–Crippen MR) is 50.3 cm³/mol. The van der Waals surface area contributed by atoms with E-state index in [0.717, 1.165) is 5.56 Å². The summed E-state index contributed by atoms with van der Waals surface area (Å²) < 4.78 is 1.48. The molecule has 2 N–H and O–H groups in total. The smallest absolute Gasteiger partial charge is 0.182 e. The molecule has 0 aliphatic carbocycles. The van der Waals surface area contributed by atoms with Gasteiger partial charge in [0, 0.05) is 5.56 Å². The summed E-state index contributed by atoms with van der Waals surface area (Å²) >= 11 is 0. The zero-order chi connectivity index (χ0) is 9.26. The van der Waals surface area contributed by atoms with E-state index < -0.39 is 0 Å². The van der Waals surface area contributed by atoms with Gasteiger partial charge in [-0.2, -0.15) is 0 Å². The van der Waals surface area contributed by atoms with E-state index in [1.54, 1.807) is 0 Å². The minimum absolute atomic E-state index is 0.693. The van der Waals surface area contributed by atoms with Crippen LogP contribution in [0, 0.1) is 6.92 Å². The summed E-state index contributed by atoms with van der Waals surface area (Å²) in [5.41, 5.74) is 0.977. The van der Waals surface area contributed by atoms with E-state index in [1.165, 1.54) is 4.68 Å². The summed E-state index contributed by atoms with van der Waals surface area (Å²) in [6.45, 7) is 1.82. The van der Waals surface area contributed by atoms with Crippen LogP contribution in [0.5, 0.6) is 0 Å². The van der Waals surface area contributed by atoms with Crippen LogP contribution in [0.4, 0.5) is 0 Å². The molecule has 1 heterocycles. The molecule has 2 aromatic rings. The third kappa shape index (κ3) is 1.26. The van der Waals surface area contributed by atoms with Crippen LogP contribution >= 0.6 is 0 Å². The van der Waals surface area contributed by atoms with Gasteiger partial charge in [-0.15, -0.1) is 10.2 Å². The van der Waals surface area contributed by atoms with Gasteiger partial charge in [-0.05, 0) is 6.92 Å². The molecule has 0 bridgehead atoms. The van der Waals surface area contributed by atoms with Crippen molar-refractivity contribution in [3.8, 4) is 11.4 Å². The monoisotopic (exact) mass is 174 g/mol. The quantitative estimate of drug-likeness (QED) is 0.655. The van der Waals surface area contributed by atoms with Gasteiger partial charge in [-0.3, -0.25) is 0 Å². The molecule has 0 fully saturated rings. The van der Waals surface area contributed by atoms with E-state index >= 15 is 0 Å². The summed E-state index contributed by atoms with van der Waals surface area (Å²) in [4.78, 5) is 0. The van der Waals surface area contributed by atoms with E-state index in [4.69, 9.17) is 5.84 Å². The Balaban J connectivity index is 2.53. The van der Waals surface area contributed by atoms with Crippen molar-refractivity contribution in [3.63, 3.8) is 0 Å². The first kappa shape index (κ1) is 7.79. The fraction of sp³-hybridized carbons (Fsp3) is 0.111. The predicted octanol–water partition coefficient (Wildman–Crippen LogP) is 0.967. The van der Waals surface area contributed by atoms with Crippen LogP contribution < -0.4 is 5.84 Å². The maximum Gasteiger partial charge on any atom is 0.182 e. The van der Waals surface area contributed by atoms with Crippen LogP contribution in [0.25, 0.3) is 11.4 Å².